The van der Waals surface area contributed by atoms with Crippen LogP contribution in [-0.2, 0) is 17.9 Å². The third kappa shape index (κ3) is 5.16. The molecule has 18 heavy (non-hydrogen) atoms. The minimum absolute atomic E-state index is 0.0205. The Hall–Kier alpha value is -1.59. The molecule has 0 aliphatic heterocycles. The zero-order chi connectivity index (χ0) is 13.2. The van der Waals surface area contributed by atoms with Crippen molar-refractivity contribution >= 4 is 6.03 Å². The topological polar surface area (TPSA) is 70.6 Å². The molecule has 3 N–H and O–H groups in total. The number of hydrogen-bond acceptors (Lipinski definition) is 3. The fourth-order valence-corrected chi connectivity index (χ4v) is 1.54. The van der Waals surface area contributed by atoms with Crippen LogP contribution in [0.1, 0.15) is 17.5 Å². The number of amides is 2. The Kier molecular flexibility index (Phi) is 6.83. The molecule has 0 bridgehead atoms. The average molecular weight is 252 g/mol. The third-order valence-corrected chi connectivity index (χ3v) is 2.54. The highest BCUT2D eigenvalue weighted by Crippen LogP contribution is 2.07. The van der Waals surface area contributed by atoms with Gasteiger partial charge in [0.05, 0.1) is 6.61 Å². The van der Waals surface area contributed by atoms with Crippen LogP contribution in [0.5, 0.6) is 0 Å². The maximum absolute atomic E-state index is 11.5. The van der Waals surface area contributed by atoms with Crippen LogP contribution < -0.4 is 10.6 Å². The maximum Gasteiger partial charge on any atom is 0.315 e. The van der Waals surface area contributed by atoms with E-state index in [1.54, 1.807) is 7.11 Å². The van der Waals surface area contributed by atoms with Crippen molar-refractivity contribution in [3.8, 4) is 0 Å². The van der Waals surface area contributed by atoms with Gasteiger partial charge in [0.1, 0.15) is 0 Å². The van der Waals surface area contributed by atoms with Gasteiger partial charge < -0.3 is 20.5 Å². The Morgan fingerprint density at radius 3 is 2.67 bits per heavy atom. The van der Waals surface area contributed by atoms with Gasteiger partial charge in [0, 0.05) is 26.8 Å². The van der Waals surface area contributed by atoms with Gasteiger partial charge in [-0.2, -0.15) is 0 Å². The Labute approximate surface area is 107 Å². The summed E-state index contributed by atoms with van der Waals surface area (Å²) >= 11 is 0. The van der Waals surface area contributed by atoms with E-state index in [4.69, 9.17) is 9.84 Å². The molecule has 0 atom stereocenters. The summed E-state index contributed by atoms with van der Waals surface area (Å²) in [6.07, 6.45) is 0.789. The smallest absolute Gasteiger partial charge is 0.315 e. The molecule has 1 aromatic carbocycles. The molecule has 0 saturated heterocycles. The van der Waals surface area contributed by atoms with Crippen molar-refractivity contribution in [2.24, 2.45) is 0 Å². The van der Waals surface area contributed by atoms with Gasteiger partial charge in [0.15, 0.2) is 0 Å². The molecule has 5 heteroatoms. The Morgan fingerprint density at radius 1 is 1.28 bits per heavy atom. The molecule has 100 valence electrons. The average Bonchev–Trinajstić information content (AvgIpc) is 2.41. The van der Waals surface area contributed by atoms with Crippen LogP contribution in [0, 0.1) is 0 Å². The molecular weight excluding hydrogens is 232 g/mol. The van der Waals surface area contributed by atoms with Gasteiger partial charge in [-0.05, 0) is 17.5 Å². The SMILES string of the molecule is COCCCNC(=O)NCc1ccccc1CO. The van der Waals surface area contributed by atoms with E-state index in [2.05, 4.69) is 10.6 Å². The first-order valence-electron chi connectivity index (χ1n) is 5.96. The van der Waals surface area contributed by atoms with Crippen molar-refractivity contribution in [3.05, 3.63) is 35.4 Å². The van der Waals surface area contributed by atoms with Crippen molar-refractivity contribution < 1.29 is 14.6 Å². The molecule has 5 nitrogen and oxygen atoms in total. The summed E-state index contributed by atoms with van der Waals surface area (Å²) < 4.78 is 4.88. The number of aliphatic hydroxyl groups is 1. The Morgan fingerprint density at radius 2 is 2.00 bits per heavy atom. The number of nitrogens with one attached hydrogen (secondary N) is 2. The lowest BCUT2D eigenvalue weighted by Gasteiger charge is -2.10. The lowest BCUT2D eigenvalue weighted by atomic mass is 10.1. The molecule has 0 radical (unpaired) electrons. The lowest BCUT2D eigenvalue weighted by Crippen LogP contribution is -2.36. The number of rotatable bonds is 7. The van der Waals surface area contributed by atoms with Crippen LogP contribution >= 0.6 is 0 Å². The summed E-state index contributed by atoms with van der Waals surface area (Å²) in [4.78, 5) is 11.5. The van der Waals surface area contributed by atoms with Gasteiger partial charge >= 0.3 is 6.03 Å². The molecule has 1 rings (SSSR count). The molecule has 0 aliphatic rings. The van der Waals surface area contributed by atoms with E-state index >= 15 is 0 Å². The molecular formula is C13H20N2O3. The van der Waals surface area contributed by atoms with Crippen molar-refractivity contribution in [3.63, 3.8) is 0 Å². The minimum atomic E-state index is -0.209. The van der Waals surface area contributed by atoms with Gasteiger partial charge in [0.25, 0.3) is 0 Å². The van der Waals surface area contributed by atoms with Crippen LogP contribution in [0.15, 0.2) is 24.3 Å². The molecule has 0 saturated carbocycles. The Bertz CT molecular complexity index is 369. The number of urea groups is 1. The van der Waals surface area contributed by atoms with Gasteiger partial charge in [0.2, 0.25) is 0 Å². The molecule has 0 aliphatic carbocycles. The summed E-state index contributed by atoms with van der Waals surface area (Å²) in [5, 5.41) is 14.6. The van der Waals surface area contributed by atoms with Crippen molar-refractivity contribution in [1.29, 1.82) is 0 Å². The standard InChI is InChI=1S/C13H20N2O3/c1-18-8-4-7-14-13(17)15-9-11-5-2-3-6-12(11)10-16/h2-3,5-6,16H,4,7-10H2,1H3,(H2,14,15,17). The second-order valence-corrected chi connectivity index (χ2v) is 3.88. The van der Waals surface area contributed by atoms with E-state index in [-0.39, 0.29) is 12.6 Å². The number of methoxy groups -OCH3 is 1. The van der Waals surface area contributed by atoms with Crippen LogP contribution in [0.4, 0.5) is 4.79 Å². The zero-order valence-electron chi connectivity index (χ0n) is 10.6. The van der Waals surface area contributed by atoms with Crippen LogP contribution in [0.2, 0.25) is 0 Å². The van der Waals surface area contributed by atoms with Gasteiger partial charge in [-0.15, -0.1) is 0 Å². The highest BCUT2D eigenvalue weighted by atomic mass is 16.5. The third-order valence-electron chi connectivity index (χ3n) is 2.54. The van der Waals surface area contributed by atoms with E-state index in [1.165, 1.54) is 0 Å². The summed E-state index contributed by atoms with van der Waals surface area (Å²) in [7, 11) is 1.63. The first kappa shape index (κ1) is 14.5. The number of aliphatic hydroxyl groups excluding tert-OH is 1. The molecule has 2 amide bonds. The second kappa shape index (κ2) is 8.49. The number of carbonyl (C=O) groups is 1. The van der Waals surface area contributed by atoms with E-state index in [0.717, 1.165) is 17.5 Å². The van der Waals surface area contributed by atoms with Gasteiger partial charge in [-0.1, -0.05) is 24.3 Å². The highest BCUT2D eigenvalue weighted by molar-refractivity contribution is 5.73. The highest BCUT2D eigenvalue weighted by Gasteiger charge is 2.03. The first-order chi connectivity index (χ1) is 8.77. The monoisotopic (exact) mass is 252 g/mol. The molecule has 0 fully saturated rings. The maximum atomic E-state index is 11.5. The van der Waals surface area contributed by atoms with Crippen LogP contribution in [-0.4, -0.2) is 31.4 Å². The van der Waals surface area contributed by atoms with E-state index < -0.39 is 0 Å². The molecule has 1 aromatic rings. The van der Waals surface area contributed by atoms with Crippen molar-refractivity contribution in [1.82, 2.24) is 10.6 Å². The minimum Gasteiger partial charge on any atom is -0.392 e. The van der Waals surface area contributed by atoms with E-state index in [1.807, 2.05) is 24.3 Å². The van der Waals surface area contributed by atoms with Gasteiger partial charge in [-0.25, -0.2) is 4.79 Å². The lowest BCUT2D eigenvalue weighted by molar-refractivity contribution is 0.193. The molecule has 0 aromatic heterocycles. The predicted molar refractivity (Wildman–Crippen MR) is 69.1 cm³/mol. The summed E-state index contributed by atoms with van der Waals surface area (Å²) in [5.74, 6) is 0. The molecule has 0 heterocycles. The normalized spacial score (nSPS) is 10.1. The number of hydrogen-bond donors (Lipinski definition) is 3. The number of benzene rings is 1. The summed E-state index contributed by atoms with van der Waals surface area (Å²) in [6, 6.07) is 7.26. The summed E-state index contributed by atoms with van der Waals surface area (Å²) in [5.41, 5.74) is 1.75. The quantitative estimate of drug-likeness (QED) is 0.634. The predicted octanol–water partition coefficient (Wildman–Crippen LogP) is 1.01. The van der Waals surface area contributed by atoms with Crippen LogP contribution in [0.25, 0.3) is 0 Å². The number of carbonyl (C=O) groups excluding carboxylic acids is 1. The van der Waals surface area contributed by atoms with Crippen LogP contribution in [0.3, 0.4) is 0 Å². The summed E-state index contributed by atoms with van der Waals surface area (Å²) in [6.45, 7) is 1.61. The van der Waals surface area contributed by atoms with Crippen molar-refractivity contribution in [2.45, 2.75) is 19.6 Å². The fraction of sp³-hybridized carbons (Fsp3) is 0.462. The zero-order valence-corrected chi connectivity index (χ0v) is 10.6. The number of ether oxygens (including phenoxy) is 1. The van der Waals surface area contributed by atoms with E-state index in [9.17, 15) is 4.79 Å². The largest absolute Gasteiger partial charge is 0.392 e. The molecule has 0 unspecified atom stereocenters. The van der Waals surface area contributed by atoms with Gasteiger partial charge in [-0.3, -0.25) is 0 Å². The molecule has 0 spiro atoms. The van der Waals surface area contributed by atoms with E-state index in [0.29, 0.717) is 19.7 Å². The second-order valence-electron chi connectivity index (χ2n) is 3.88. The Balaban J connectivity index is 2.29. The fourth-order valence-electron chi connectivity index (χ4n) is 1.54. The van der Waals surface area contributed by atoms with Crippen molar-refractivity contribution in [2.75, 3.05) is 20.3 Å². The first-order valence-corrected chi connectivity index (χ1v) is 5.96.